The molecule has 0 aromatic carbocycles. The van der Waals surface area contributed by atoms with Crippen LogP contribution in [0.4, 0.5) is 0 Å². The summed E-state index contributed by atoms with van der Waals surface area (Å²) in [6.45, 7) is 5.28. The van der Waals surface area contributed by atoms with Gasteiger partial charge in [-0.3, -0.25) is 14.8 Å². The first-order valence-electron chi connectivity index (χ1n) is 5.87. The molecular formula is C11H17N5O2. The lowest BCUT2D eigenvalue weighted by molar-refractivity contribution is 0.159. The summed E-state index contributed by atoms with van der Waals surface area (Å²) in [5, 5.41) is 6.20. The molecule has 2 N–H and O–H groups in total. The molecule has 2 heterocycles. The van der Waals surface area contributed by atoms with Crippen molar-refractivity contribution in [2.45, 2.75) is 6.92 Å². The number of hydrogen-bond donors (Lipinski definition) is 2. The van der Waals surface area contributed by atoms with Crippen LogP contribution in [-0.2, 0) is 0 Å². The van der Waals surface area contributed by atoms with Gasteiger partial charge in [0.15, 0.2) is 0 Å². The minimum absolute atomic E-state index is 0.397. The van der Waals surface area contributed by atoms with E-state index in [0.29, 0.717) is 11.3 Å². The van der Waals surface area contributed by atoms with Crippen LogP contribution < -0.4 is 11.2 Å². The Bertz CT molecular complexity index is 551. The van der Waals surface area contributed by atoms with Crippen LogP contribution in [0.5, 0.6) is 0 Å². The molecule has 1 saturated heterocycles. The minimum atomic E-state index is -0.491. The molecule has 98 valence electrons. The molecule has 1 fully saturated rings. The lowest BCUT2D eigenvalue weighted by Gasteiger charge is -2.30. The summed E-state index contributed by atoms with van der Waals surface area (Å²) in [4.78, 5) is 29.6. The Labute approximate surface area is 104 Å². The van der Waals surface area contributed by atoms with Crippen molar-refractivity contribution in [2.24, 2.45) is 5.10 Å². The van der Waals surface area contributed by atoms with E-state index in [1.165, 1.54) is 6.21 Å². The van der Waals surface area contributed by atoms with E-state index < -0.39 is 11.2 Å². The Hall–Kier alpha value is -1.89. The minimum Gasteiger partial charge on any atom is -0.311 e. The molecule has 0 radical (unpaired) electrons. The van der Waals surface area contributed by atoms with E-state index in [-0.39, 0.29) is 0 Å². The van der Waals surface area contributed by atoms with Gasteiger partial charge in [-0.1, -0.05) is 0 Å². The molecule has 1 aromatic heterocycles. The van der Waals surface area contributed by atoms with E-state index in [9.17, 15) is 9.59 Å². The molecule has 18 heavy (non-hydrogen) atoms. The monoisotopic (exact) mass is 251 g/mol. The highest BCUT2D eigenvalue weighted by Crippen LogP contribution is 2.00. The number of hydrogen-bond acceptors (Lipinski definition) is 5. The summed E-state index contributed by atoms with van der Waals surface area (Å²) in [5.41, 5.74) is 0.0264. The van der Waals surface area contributed by atoms with Gasteiger partial charge in [-0.25, -0.2) is 4.79 Å². The number of nitrogens with zero attached hydrogens (tertiary/aromatic N) is 3. The van der Waals surface area contributed by atoms with Gasteiger partial charge in [0.25, 0.3) is 5.56 Å². The zero-order valence-corrected chi connectivity index (χ0v) is 10.6. The Balaban J connectivity index is 2.14. The van der Waals surface area contributed by atoms with Gasteiger partial charge in [0, 0.05) is 31.9 Å². The normalized spacial score (nSPS) is 17.6. The maximum atomic E-state index is 11.6. The van der Waals surface area contributed by atoms with Gasteiger partial charge in [0.05, 0.1) is 11.8 Å². The topological polar surface area (TPSA) is 84.6 Å². The quantitative estimate of drug-likeness (QED) is 0.657. The zero-order valence-electron chi connectivity index (χ0n) is 10.6. The van der Waals surface area contributed by atoms with Crippen molar-refractivity contribution in [2.75, 3.05) is 33.2 Å². The van der Waals surface area contributed by atoms with E-state index in [0.717, 1.165) is 26.2 Å². The second-order valence-corrected chi connectivity index (χ2v) is 4.45. The summed E-state index contributed by atoms with van der Waals surface area (Å²) >= 11 is 0. The third kappa shape index (κ3) is 2.86. The number of aryl methyl sites for hydroxylation is 1. The van der Waals surface area contributed by atoms with Gasteiger partial charge in [-0.05, 0) is 14.0 Å². The third-order valence-electron chi connectivity index (χ3n) is 3.01. The van der Waals surface area contributed by atoms with E-state index in [1.807, 2.05) is 5.01 Å². The van der Waals surface area contributed by atoms with E-state index in [4.69, 9.17) is 0 Å². The number of likely N-dealkylation sites (N-methyl/N-ethyl adjacent to an activating group) is 1. The molecule has 0 bridgehead atoms. The van der Waals surface area contributed by atoms with Crippen LogP contribution in [0, 0.1) is 6.92 Å². The Morgan fingerprint density at radius 3 is 2.44 bits per heavy atom. The number of piperazine rings is 1. The second-order valence-electron chi connectivity index (χ2n) is 4.45. The first-order valence-corrected chi connectivity index (χ1v) is 5.87. The summed E-state index contributed by atoms with van der Waals surface area (Å²) in [6.07, 6.45) is 1.51. The molecule has 0 aliphatic carbocycles. The number of aromatic nitrogens is 2. The van der Waals surface area contributed by atoms with Crippen LogP contribution in [0.2, 0.25) is 0 Å². The molecule has 7 heteroatoms. The first kappa shape index (κ1) is 12.6. The summed E-state index contributed by atoms with van der Waals surface area (Å²) < 4.78 is 0. The SMILES string of the molecule is Cc1[nH]c(=O)[nH]c(=O)c1C=NN1CCN(C)CC1. The van der Waals surface area contributed by atoms with Gasteiger partial charge < -0.3 is 9.88 Å². The number of nitrogens with one attached hydrogen (secondary N) is 2. The number of hydrazone groups is 1. The molecule has 7 nitrogen and oxygen atoms in total. The Kier molecular flexibility index (Phi) is 3.61. The van der Waals surface area contributed by atoms with Gasteiger partial charge in [0.1, 0.15) is 0 Å². The summed E-state index contributed by atoms with van der Waals surface area (Å²) in [5.74, 6) is 0. The number of H-pyrrole nitrogens is 2. The molecule has 0 saturated carbocycles. The summed E-state index contributed by atoms with van der Waals surface area (Å²) in [7, 11) is 2.07. The largest absolute Gasteiger partial charge is 0.325 e. The number of aromatic amines is 2. The molecule has 1 aliphatic rings. The second kappa shape index (κ2) is 5.18. The van der Waals surface area contributed by atoms with Crippen LogP contribution in [0.25, 0.3) is 0 Å². The van der Waals surface area contributed by atoms with Crippen molar-refractivity contribution in [1.29, 1.82) is 0 Å². The van der Waals surface area contributed by atoms with E-state index >= 15 is 0 Å². The van der Waals surface area contributed by atoms with Gasteiger partial charge in [-0.15, -0.1) is 0 Å². The summed E-state index contributed by atoms with van der Waals surface area (Å²) in [6, 6.07) is 0. The van der Waals surface area contributed by atoms with Crippen molar-refractivity contribution in [3.63, 3.8) is 0 Å². The number of rotatable bonds is 2. The highest BCUT2D eigenvalue weighted by Gasteiger charge is 2.11. The smallest absolute Gasteiger partial charge is 0.311 e. The highest BCUT2D eigenvalue weighted by molar-refractivity contribution is 5.79. The van der Waals surface area contributed by atoms with Crippen molar-refractivity contribution in [1.82, 2.24) is 19.9 Å². The molecule has 1 aliphatic heterocycles. The fraction of sp³-hybridized carbons (Fsp3) is 0.545. The maximum absolute atomic E-state index is 11.6. The average molecular weight is 251 g/mol. The van der Waals surface area contributed by atoms with Gasteiger partial charge in [0.2, 0.25) is 0 Å². The standard InChI is InChI=1S/C11H17N5O2/c1-8-9(10(17)14-11(18)13-8)7-12-16-5-3-15(2)4-6-16/h7H,3-6H2,1-2H3,(H2,13,14,17,18). The zero-order chi connectivity index (χ0) is 13.1. The van der Waals surface area contributed by atoms with Crippen LogP contribution in [0.1, 0.15) is 11.3 Å². The Morgan fingerprint density at radius 1 is 1.17 bits per heavy atom. The average Bonchev–Trinajstić information content (AvgIpc) is 2.30. The van der Waals surface area contributed by atoms with Crippen molar-refractivity contribution in [3.8, 4) is 0 Å². The molecule has 0 amide bonds. The van der Waals surface area contributed by atoms with Crippen molar-refractivity contribution in [3.05, 3.63) is 32.1 Å². The fourth-order valence-corrected chi connectivity index (χ4v) is 1.82. The Morgan fingerprint density at radius 2 is 1.83 bits per heavy atom. The predicted octanol–water partition coefficient (Wildman–Crippen LogP) is -1.05. The van der Waals surface area contributed by atoms with Gasteiger partial charge >= 0.3 is 5.69 Å². The lowest BCUT2D eigenvalue weighted by atomic mass is 10.2. The van der Waals surface area contributed by atoms with Crippen molar-refractivity contribution >= 4 is 6.21 Å². The van der Waals surface area contributed by atoms with E-state index in [1.54, 1.807) is 6.92 Å². The highest BCUT2D eigenvalue weighted by atomic mass is 16.2. The molecular weight excluding hydrogens is 234 g/mol. The maximum Gasteiger partial charge on any atom is 0.325 e. The predicted molar refractivity (Wildman–Crippen MR) is 69.1 cm³/mol. The van der Waals surface area contributed by atoms with Gasteiger partial charge in [-0.2, -0.15) is 5.10 Å². The lowest BCUT2D eigenvalue weighted by Crippen LogP contribution is -2.42. The molecule has 1 aromatic rings. The molecule has 0 spiro atoms. The van der Waals surface area contributed by atoms with Crippen LogP contribution in [0.15, 0.2) is 14.7 Å². The van der Waals surface area contributed by atoms with Crippen LogP contribution in [0.3, 0.4) is 0 Å². The molecule has 0 atom stereocenters. The fourth-order valence-electron chi connectivity index (χ4n) is 1.82. The third-order valence-corrected chi connectivity index (χ3v) is 3.01. The van der Waals surface area contributed by atoms with Crippen LogP contribution >= 0.6 is 0 Å². The molecule has 2 rings (SSSR count). The van der Waals surface area contributed by atoms with Crippen molar-refractivity contribution < 1.29 is 0 Å². The molecule has 0 unspecified atom stereocenters. The van der Waals surface area contributed by atoms with Crippen LogP contribution in [-0.4, -0.2) is 59.3 Å². The first-order chi connectivity index (χ1) is 8.56. The van der Waals surface area contributed by atoms with E-state index in [2.05, 4.69) is 27.0 Å².